The van der Waals surface area contributed by atoms with E-state index in [4.69, 9.17) is 0 Å². The lowest BCUT2D eigenvalue weighted by atomic mass is 10.0. The molecule has 0 spiro atoms. The van der Waals surface area contributed by atoms with Crippen LogP contribution in [-0.4, -0.2) is 31.1 Å². The van der Waals surface area contributed by atoms with Crippen molar-refractivity contribution in [3.05, 3.63) is 57.8 Å². The molecule has 3 heteroatoms. The molecule has 0 bridgehead atoms. The van der Waals surface area contributed by atoms with Crippen molar-refractivity contribution in [2.45, 2.75) is 19.4 Å². The number of rotatable bonds is 4. The Morgan fingerprint density at radius 1 is 1.10 bits per heavy atom. The predicted molar refractivity (Wildman–Crippen MR) is 86.4 cm³/mol. The number of hydrogen-bond donors (Lipinski definition) is 1. The zero-order valence-corrected chi connectivity index (χ0v) is 12.8. The molecular weight excluding hydrogens is 264 g/mol. The van der Waals surface area contributed by atoms with Crippen LogP contribution < -0.4 is 5.32 Å². The monoisotopic (exact) mass is 286 g/mol. The third-order valence-electron chi connectivity index (χ3n) is 3.93. The van der Waals surface area contributed by atoms with Crippen LogP contribution in [0.1, 0.15) is 28.3 Å². The topological polar surface area (TPSA) is 15.3 Å². The van der Waals surface area contributed by atoms with Gasteiger partial charge in [0.15, 0.2) is 0 Å². The van der Waals surface area contributed by atoms with Gasteiger partial charge in [0.05, 0.1) is 6.04 Å². The lowest BCUT2D eigenvalue weighted by Crippen LogP contribution is -2.45. The van der Waals surface area contributed by atoms with E-state index < -0.39 is 0 Å². The summed E-state index contributed by atoms with van der Waals surface area (Å²) >= 11 is 1.97. The van der Waals surface area contributed by atoms with Crippen molar-refractivity contribution in [2.24, 2.45) is 0 Å². The zero-order chi connectivity index (χ0) is 13.8. The van der Waals surface area contributed by atoms with E-state index in [1.807, 2.05) is 11.3 Å². The summed E-state index contributed by atoms with van der Waals surface area (Å²) in [6.45, 7) is 6.67. The van der Waals surface area contributed by atoms with Gasteiger partial charge in [-0.15, -0.1) is 11.3 Å². The normalized spacial score (nSPS) is 18.1. The molecule has 1 saturated heterocycles. The van der Waals surface area contributed by atoms with Crippen molar-refractivity contribution in [1.29, 1.82) is 0 Å². The molecule has 2 aromatic rings. The maximum Gasteiger partial charge on any atom is 0.0697 e. The number of aryl methyl sites for hydroxylation is 1. The Kier molecular flexibility index (Phi) is 4.51. The van der Waals surface area contributed by atoms with Crippen LogP contribution in [0.3, 0.4) is 0 Å². The van der Waals surface area contributed by atoms with Gasteiger partial charge >= 0.3 is 0 Å². The largest absolute Gasteiger partial charge is 0.314 e. The lowest BCUT2D eigenvalue weighted by Gasteiger charge is -2.34. The summed E-state index contributed by atoms with van der Waals surface area (Å²) in [6.07, 6.45) is 1.13. The molecule has 1 aliphatic rings. The van der Waals surface area contributed by atoms with E-state index in [0.29, 0.717) is 6.04 Å². The van der Waals surface area contributed by atoms with Gasteiger partial charge in [0, 0.05) is 35.9 Å². The average molecular weight is 286 g/mol. The summed E-state index contributed by atoms with van der Waals surface area (Å²) < 4.78 is 0. The Morgan fingerprint density at radius 2 is 1.85 bits per heavy atom. The smallest absolute Gasteiger partial charge is 0.0697 e. The molecule has 1 unspecified atom stereocenters. The first-order chi connectivity index (χ1) is 9.88. The first kappa shape index (κ1) is 13.8. The third kappa shape index (κ3) is 2.95. The predicted octanol–water partition coefficient (Wildman–Crippen LogP) is 3.31. The fourth-order valence-corrected chi connectivity index (χ4v) is 3.98. The minimum Gasteiger partial charge on any atom is -0.314 e. The van der Waals surface area contributed by atoms with Gasteiger partial charge in [-0.05, 0) is 24.1 Å². The van der Waals surface area contributed by atoms with Gasteiger partial charge < -0.3 is 5.32 Å². The van der Waals surface area contributed by atoms with E-state index in [9.17, 15) is 0 Å². The van der Waals surface area contributed by atoms with Crippen molar-refractivity contribution in [3.8, 4) is 0 Å². The summed E-state index contributed by atoms with van der Waals surface area (Å²) in [6, 6.07) is 16.0. The van der Waals surface area contributed by atoms with Crippen LogP contribution in [0.5, 0.6) is 0 Å². The fraction of sp³-hybridized carbons (Fsp3) is 0.412. The highest BCUT2D eigenvalue weighted by molar-refractivity contribution is 7.12. The number of thiophene rings is 1. The number of nitrogens with one attached hydrogen (secondary N) is 1. The van der Waals surface area contributed by atoms with Crippen LogP contribution in [0.25, 0.3) is 0 Å². The molecule has 0 aliphatic carbocycles. The van der Waals surface area contributed by atoms with Gasteiger partial charge in [-0.2, -0.15) is 0 Å². The van der Waals surface area contributed by atoms with Gasteiger partial charge in [-0.25, -0.2) is 0 Å². The molecule has 1 N–H and O–H groups in total. The minimum atomic E-state index is 0.420. The van der Waals surface area contributed by atoms with Crippen LogP contribution in [0.15, 0.2) is 42.5 Å². The van der Waals surface area contributed by atoms with E-state index in [1.54, 1.807) is 0 Å². The molecule has 3 rings (SSSR count). The van der Waals surface area contributed by atoms with E-state index >= 15 is 0 Å². The third-order valence-corrected chi connectivity index (χ3v) is 5.21. The van der Waals surface area contributed by atoms with E-state index in [-0.39, 0.29) is 0 Å². The maximum atomic E-state index is 3.45. The zero-order valence-electron chi connectivity index (χ0n) is 12.0. The maximum absolute atomic E-state index is 3.45. The van der Waals surface area contributed by atoms with Crippen molar-refractivity contribution in [3.63, 3.8) is 0 Å². The van der Waals surface area contributed by atoms with Crippen molar-refractivity contribution >= 4 is 11.3 Å². The highest BCUT2D eigenvalue weighted by atomic mass is 32.1. The van der Waals surface area contributed by atoms with Crippen LogP contribution in [0.4, 0.5) is 0 Å². The van der Waals surface area contributed by atoms with Gasteiger partial charge in [-0.1, -0.05) is 37.3 Å². The quantitative estimate of drug-likeness (QED) is 0.927. The van der Waals surface area contributed by atoms with E-state index in [2.05, 4.69) is 59.6 Å². The molecule has 2 nitrogen and oxygen atoms in total. The highest BCUT2D eigenvalue weighted by Crippen LogP contribution is 2.33. The van der Waals surface area contributed by atoms with Gasteiger partial charge in [0.2, 0.25) is 0 Å². The molecule has 0 amide bonds. The molecular formula is C17H22N2S. The number of hydrogen-bond acceptors (Lipinski definition) is 3. The standard InChI is InChI=1S/C17H22N2S/c1-2-15-8-9-16(20-15)17(14-6-4-3-5-7-14)19-12-10-18-11-13-19/h3-9,17-18H,2,10-13H2,1H3. The summed E-state index contributed by atoms with van der Waals surface area (Å²) in [5.74, 6) is 0. The molecule has 1 aromatic heterocycles. The Labute approximate surface area is 125 Å². The molecule has 1 aromatic carbocycles. The van der Waals surface area contributed by atoms with Crippen LogP contribution >= 0.6 is 11.3 Å². The van der Waals surface area contributed by atoms with Crippen LogP contribution in [0, 0.1) is 0 Å². The number of benzene rings is 1. The Bertz CT molecular complexity index is 529. The Hall–Kier alpha value is -1.16. The van der Waals surface area contributed by atoms with Gasteiger partial charge in [0.1, 0.15) is 0 Å². The first-order valence-electron chi connectivity index (χ1n) is 7.47. The second-order valence-corrected chi connectivity index (χ2v) is 6.46. The molecule has 106 valence electrons. The molecule has 20 heavy (non-hydrogen) atoms. The summed E-state index contributed by atoms with van der Waals surface area (Å²) in [7, 11) is 0. The minimum absolute atomic E-state index is 0.420. The molecule has 2 heterocycles. The number of nitrogens with zero attached hydrogens (tertiary/aromatic N) is 1. The summed E-state index contributed by atoms with van der Waals surface area (Å²) in [5.41, 5.74) is 1.42. The van der Waals surface area contributed by atoms with Gasteiger partial charge in [-0.3, -0.25) is 4.90 Å². The first-order valence-corrected chi connectivity index (χ1v) is 8.28. The van der Waals surface area contributed by atoms with Crippen LogP contribution in [0.2, 0.25) is 0 Å². The van der Waals surface area contributed by atoms with E-state index in [1.165, 1.54) is 15.3 Å². The lowest BCUT2D eigenvalue weighted by molar-refractivity contribution is 0.200. The average Bonchev–Trinajstić information content (AvgIpc) is 2.98. The summed E-state index contributed by atoms with van der Waals surface area (Å²) in [4.78, 5) is 5.57. The Balaban J connectivity index is 1.94. The molecule has 1 fully saturated rings. The second-order valence-electron chi connectivity index (χ2n) is 5.26. The molecule has 1 atom stereocenters. The number of piperazine rings is 1. The van der Waals surface area contributed by atoms with Crippen molar-refractivity contribution in [1.82, 2.24) is 10.2 Å². The fourth-order valence-electron chi connectivity index (χ4n) is 2.86. The second kappa shape index (κ2) is 6.53. The van der Waals surface area contributed by atoms with E-state index in [0.717, 1.165) is 32.6 Å². The highest BCUT2D eigenvalue weighted by Gasteiger charge is 2.24. The molecule has 0 radical (unpaired) electrons. The molecule has 0 saturated carbocycles. The Morgan fingerprint density at radius 3 is 2.50 bits per heavy atom. The molecule has 1 aliphatic heterocycles. The van der Waals surface area contributed by atoms with Crippen molar-refractivity contribution in [2.75, 3.05) is 26.2 Å². The van der Waals surface area contributed by atoms with Crippen LogP contribution in [-0.2, 0) is 6.42 Å². The SMILES string of the molecule is CCc1ccc(C(c2ccccc2)N2CCNCC2)s1. The van der Waals surface area contributed by atoms with Gasteiger partial charge in [0.25, 0.3) is 0 Å². The summed E-state index contributed by atoms with van der Waals surface area (Å²) in [5, 5.41) is 3.45. The van der Waals surface area contributed by atoms with Crippen molar-refractivity contribution < 1.29 is 0 Å².